The van der Waals surface area contributed by atoms with Gasteiger partial charge in [-0.3, -0.25) is 4.79 Å². The molecule has 1 heterocycles. The standard InChI is InChI=1S/C10H16F2N4O2S/c1-2-14-10-16-8(13)7(19-10)9(17)15-3-4-18-5-6(11)12/h6H,2-5,13H2,1H3,(H,14,16)(H,15,17). The van der Waals surface area contributed by atoms with Gasteiger partial charge in [-0.2, -0.15) is 0 Å². The van der Waals surface area contributed by atoms with Gasteiger partial charge in [0.2, 0.25) is 0 Å². The number of carbonyl (C=O) groups is 1. The van der Waals surface area contributed by atoms with Gasteiger partial charge in [-0.15, -0.1) is 0 Å². The Labute approximate surface area is 113 Å². The number of nitrogens with two attached hydrogens (primary N) is 1. The van der Waals surface area contributed by atoms with E-state index in [1.54, 1.807) is 0 Å². The molecule has 0 radical (unpaired) electrons. The summed E-state index contributed by atoms with van der Waals surface area (Å²) in [6.45, 7) is 2.10. The van der Waals surface area contributed by atoms with Gasteiger partial charge < -0.3 is 21.1 Å². The highest BCUT2D eigenvalue weighted by atomic mass is 32.1. The summed E-state index contributed by atoms with van der Waals surface area (Å²) in [6, 6.07) is 0. The van der Waals surface area contributed by atoms with E-state index in [-0.39, 0.29) is 24.9 Å². The Hall–Kier alpha value is -1.48. The SMILES string of the molecule is CCNc1nc(N)c(C(=O)NCCOCC(F)F)s1. The summed E-state index contributed by atoms with van der Waals surface area (Å²) in [7, 11) is 0. The molecule has 0 aliphatic heterocycles. The van der Waals surface area contributed by atoms with Gasteiger partial charge in [0.1, 0.15) is 17.3 Å². The predicted octanol–water partition coefficient (Wildman–Crippen LogP) is 1.17. The molecule has 0 saturated carbocycles. The van der Waals surface area contributed by atoms with Gasteiger partial charge in [0.25, 0.3) is 12.3 Å². The van der Waals surface area contributed by atoms with E-state index in [1.165, 1.54) is 0 Å². The number of halogens is 2. The molecule has 0 aliphatic rings. The van der Waals surface area contributed by atoms with Crippen LogP contribution in [0.25, 0.3) is 0 Å². The summed E-state index contributed by atoms with van der Waals surface area (Å²) in [6.07, 6.45) is -2.50. The second-order valence-electron chi connectivity index (χ2n) is 3.49. The molecule has 1 aromatic heterocycles. The third-order valence-electron chi connectivity index (χ3n) is 1.96. The van der Waals surface area contributed by atoms with Crippen LogP contribution in [-0.2, 0) is 4.74 Å². The number of aromatic nitrogens is 1. The molecule has 4 N–H and O–H groups in total. The van der Waals surface area contributed by atoms with Crippen molar-refractivity contribution in [3.63, 3.8) is 0 Å². The third-order valence-corrected chi connectivity index (χ3v) is 2.99. The number of alkyl halides is 2. The molecule has 0 saturated heterocycles. The van der Waals surface area contributed by atoms with Crippen LogP contribution in [0.1, 0.15) is 16.6 Å². The molecular formula is C10H16F2N4O2S. The average molecular weight is 294 g/mol. The zero-order valence-electron chi connectivity index (χ0n) is 10.4. The number of anilines is 2. The zero-order chi connectivity index (χ0) is 14.3. The van der Waals surface area contributed by atoms with Crippen LogP contribution in [0.2, 0.25) is 0 Å². The number of carbonyl (C=O) groups excluding carboxylic acids is 1. The Morgan fingerprint density at radius 2 is 2.32 bits per heavy atom. The predicted molar refractivity (Wildman–Crippen MR) is 69.8 cm³/mol. The van der Waals surface area contributed by atoms with Crippen LogP contribution < -0.4 is 16.4 Å². The van der Waals surface area contributed by atoms with Crippen molar-refractivity contribution >= 4 is 28.2 Å². The molecule has 0 spiro atoms. The smallest absolute Gasteiger partial charge is 0.265 e. The third kappa shape index (κ3) is 5.35. The van der Waals surface area contributed by atoms with Crippen molar-refractivity contribution in [2.24, 2.45) is 0 Å². The van der Waals surface area contributed by atoms with Gasteiger partial charge in [-0.1, -0.05) is 11.3 Å². The highest BCUT2D eigenvalue weighted by molar-refractivity contribution is 7.18. The molecule has 108 valence electrons. The largest absolute Gasteiger partial charge is 0.382 e. The number of hydrogen-bond acceptors (Lipinski definition) is 6. The number of hydrogen-bond donors (Lipinski definition) is 3. The lowest BCUT2D eigenvalue weighted by Crippen LogP contribution is -2.27. The van der Waals surface area contributed by atoms with E-state index in [4.69, 9.17) is 5.73 Å². The van der Waals surface area contributed by atoms with Crippen molar-refractivity contribution in [2.75, 3.05) is 37.4 Å². The molecular weight excluding hydrogens is 278 g/mol. The first-order valence-corrected chi connectivity index (χ1v) is 6.50. The van der Waals surface area contributed by atoms with Crippen molar-refractivity contribution in [3.8, 4) is 0 Å². The van der Waals surface area contributed by atoms with E-state index in [0.29, 0.717) is 16.6 Å². The Morgan fingerprint density at radius 1 is 1.58 bits per heavy atom. The van der Waals surface area contributed by atoms with Crippen LogP contribution in [-0.4, -0.2) is 43.6 Å². The fourth-order valence-electron chi connectivity index (χ4n) is 1.21. The van der Waals surface area contributed by atoms with E-state index in [1.807, 2.05) is 6.92 Å². The maximum atomic E-state index is 11.8. The van der Waals surface area contributed by atoms with E-state index in [2.05, 4.69) is 20.4 Å². The average Bonchev–Trinajstić information content (AvgIpc) is 2.70. The van der Waals surface area contributed by atoms with Gasteiger partial charge in [-0.25, -0.2) is 13.8 Å². The first-order chi connectivity index (χ1) is 9.04. The highest BCUT2D eigenvalue weighted by Crippen LogP contribution is 2.24. The van der Waals surface area contributed by atoms with Crippen LogP contribution in [0.15, 0.2) is 0 Å². The molecule has 6 nitrogen and oxygen atoms in total. The van der Waals surface area contributed by atoms with Crippen molar-refractivity contribution in [1.29, 1.82) is 0 Å². The fraction of sp³-hybridized carbons (Fsp3) is 0.600. The van der Waals surface area contributed by atoms with Gasteiger partial charge in [-0.05, 0) is 6.92 Å². The summed E-state index contributed by atoms with van der Waals surface area (Å²) in [4.78, 5) is 16.0. The maximum absolute atomic E-state index is 11.8. The molecule has 1 amide bonds. The molecule has 0 unspecified atom stereocenters. The van der Waals surface area contributed by atoms with Crippen LogP contribution in [0.3, 0.4) is 0 Å². The molecule has 0 aromatic carbocycles. The van der Waals surface area contributed by atoms with E-state index < -0.39 is 13.0 Å². The Kier molecular flexibility index (Phi) is 6.43. The van der Waals surface area contributed by atoms with Crippen molar-refractivity contribution in [1.82, 2.24) is 10.3 Å². The molecule has 1 aromatic rings. The van der Waals surface area contributed by atoms with Crippen LogP contribution in [0.5, 0.6) is 0 Å². The molecule has 0 fully saturated rings. The minimum Gasteiger partial charge on any atom is -0.382 e. The lowest BCUT2D eigenvalue weighted by atomic mass is 10.4. The molecule has 19 heavy (non-hydrogen) atoms. The summed E-state index contributed by atoms with van der Waals surface area (Å²) in [5.74, 6) is -0.244. The number of rotatable bonds is 8. The lowest BCUT2D eigenvalue weighted by Gasteiger charge is -2.05. The first-order valence-electron chi connectivity index (χ1n) is 5.68. The van der Waals surface area contributed by atoms with Crippen molar-refractivity contribution in [3.05, 3.63) is 4.88 Å². The maximum Gasteiger partial charge on any atom is 0.265 e. The highest BCUT2D eigenvalue weighted by Gasteiger charge is 2.15. The second kappa shape index (κ2) is 7.85. The Balaban J connectivity index is 2.36. The van der Waals surface area contributed by atoms with Crippen molar-refractivity contribution in [2.45, 2.75) is 13.3 Å². The van der Waals surface area contributed by atoms with Gasteiger partial charge in [0, 0.05) is 13.1 Å². The Bertz CT molecular complexity index is 414. The van der Waals surface area contributed by atoms with Gasteiger partial charge in [0.05, 0.1) is 6.61 Å². The number of amides is 1. The first kappa shape index (κ1) is 15.6. The number of thiazole rings is 1. The van der Waals surface area contributed by atoms with Crippen LogP contribution in [0, 0.1) is 0 Å². The lowest BCUT2D eigenvalue weighted by molar-refractivity contribution is 0.0188. The van der Waals surface area contributed by atoms with E-state index >= 15 is 0 Å². The minimum atomic E-state index is -2.50. The molecule has 1 rings (SSSR count). The van der Waals surface area contributed by atoms with E-state index in [0.717, 1.165) is 11.3 Å². The summed E-state index contributed by atoms with van der Waals surface area (Å²) < 4.78 is 28.2. The second-order valence-corrected chi connectivity index (χ2v) is 4.48. The number of ether oxygens (including phenoxy) is 1. The van der Waals surface area contributed by atoms with Crippen molar-refractivity contribution < 1.29 is 18.3 Å². The number of nitrogens with zero attached hydrogens (tertiary/aromatic N) is 1. The monoisotopic (exact) mass is 294 g/mol. The quantitative estimate of drug-likeness (QED) is 0.626. The molecule has 0 atom stereocenters. The normalized spacial score (nSPS) is 10.7. The minimum absolute atomic E-state index is 0.0227. The summed E-state index contributed by atoms with van der Waals surface area (Å²) in [5.41, 5.74) is 5.61. The molecule has 9 heteroatoms. The molecule has 0 bridgehead atoms. The Morgan fingerprint density at radius 3 is 2.95 bits per heavy atom. The molecule has 0 aliphatic carbocycles. The summed E-state index contributed by atoms with van der Waals surface area (Å²) in [5, 5.41) is 6.04. The number of nitrogen functional groups attached to an aromatic ring is 1. The topological polar surface area (TPSA) is 89.3 Å². The van der Waals surface area contributed by atoms with Crippen LogP contribution >= 0.6 is 11.3 Å². The number of nitrogens with one attached hydrogen (secondary N) is 2. The van der Waals surface area contributed by atoms with Crippen LogP contribution in [0.4, 0.5) is 19.7 Å². The van der Waals surface area contributed by atoms with Gasteiger partial charge >= 0.3 is 0 Å². The zero-order valence-corrected chi connectivity index (χ0v) is 11.2. The van der Waals surface area contributed by atoms with E-state index in [9.17, 15) is 13.6 Å². The van der Waals surface area contributed by atoms with Gasteiger partial charge in [0.15, 0.2) is 5.13 Å². The fourth-order valence-corrected chi connectivity index (χ4v) is 2.08. The summed E-state index contributed by atoms with van der Waals surface area (Å²) >= 11 is 1.14.